The van der Waals surface area contributed by atoms with E-state index in [0.717, 1.165) is 48.9 Å². The highest BCUT2D eigenvalue weighted by Gasteiger charge is 2.29. The molecule has 0 atom stereocenters. The number of hydrogen-bond donors (Lipinski definition) is 3. The van der Waals surface area contributed by atoms with Crippen molar-refractivity contribution >= 4 is 40.6 Å². The van der Waals surface area contributed by atoms with Crippen LogP contribution in [0.3, 0.4) is 0 Å². The van der Waals surface area contributed by atoms with Crippen molar-refractivity contribution in [3.8, 4) is 0 Å². The Bertz CT molecular complexity index is 1260. The molecule has 1 aliphatic rings. The van der Waals surface area contributed by atoms with Crippen LogP contribution in [0.25, 0.3) is 10.9 Å². The molecule has 3 aromatic rings. The van der Waals surface area contributed by atoms with Crippen LogP contribution in [-0.2, 0) is 22.7 Å². The van der Waals surface area contributed by atoms with Gasteiger partial charge in [0.05, 0.1) is 10.9 Å². The highest BCUT2D eigenvalue weighted by atomic mass is 32.1. The molecule has 1 aliphatic carbocycles. The van der Waals surface area contributed by atoms with E-state index in [1.807, 2.05) is 42.5 Å². The third-order valence-corrected chi connectivity index (χ3v) is 6.16. The molecule has 2 aromatic carbocycles. The van der Waals surface area contributed by atoms with Gasteiger partial charge in [0.25, 0.3) is 5.56 Å². The molecule has 4 rings (SSSR count). The maximum atomic E-state index is 12.6. The van der Waals surface area contributed by atoms with Crippen LogP contribution in [0.4, 0.5) is 5.69 Å². The molecule has 0 bridgehead atoms. The number of amides is 2. The predicted octanol–water partition coefficient (Wildman–Crippen LogP) is 4.28. The Morgan fingerprint density at radius 2 is 1.79 bits per heavy atom. The van der Waals surface area contributed by atoms with Crippen LogP contribution in [0.2, 0.25) is 0 Å². The normalized spacial score (nSPS) is 13.1. The minimum atomic E-state index is -0.0785. The quantitative estimate of drug-likeness (QED) is 0.308. The Morgan fingerprint density at radius 3 is 2.55 bits per heavy atom. The number of aromatic nitrogens is 2. The molecule has 0 aliphatic heterocycles. The maximum Gasteiger partial charge on any atom is 0.262 e. The van der Waals surface area contributed by atoms with Gasteiger partial charge in [-0.15, -0.1) is 0 Å². The summed E-state index contributed by atoms with van der Waals surface area (Å²) in [6.07, 6.45) is 4.75. The number of rotatable bonds is 10. The summed E-state index contributed by atoms with van der Waals surface area (Å²) in [6, 6.07) is 14.9. The van der Waals surface area contributed by atoms with Crippen molar-refractivity contribution in [1.82, 2.24) is 14.9 Å². The number of benzene rings is 2. The number of unbranched alkanes of at least 4 members (excludes halogenated alkanes) is 2. The van der Waals surface area contributed by atoms with Gasteiger partial charge in [0, 0.05) is 31.1 Å². The Morgan fingerprint density at radius 1 is 1.03 bits per heavy atom. The first kappa shape index (κ1) is 22.9. The van der Waals surface area contributed by atoms with Crippen molar-refractivity contribution in [1.29, 1.82) is 0 Å². The van der Waals surface area contributed by atoms with Crippen LogP contribution in [0.5, 0.6) is 0 Å². The lowest BCUT2D eigenvalue weighted by Gasteiger charge is -2.09. The molecule has 172 valence electrons. The summed E-state index contributed by atoms with van der Waals surface area (Å²) in [6.45, 7) is 0.988. The van der Waals surface area contributed by atoms with Crippen LogP contribution in [-0.4, -0.2) is 21.4 Å². The highest BCUT2D eigenvalue weighted by Crippen LogP contribution is 2.30. The lowest BCUT2D eigenvalue weighted by atomic mass is 10.1. The molecule has 7 nitrogen and oxygen atoms in total. The zero-order valence-electron chi connectivity index (χ0n) is 18.4. The van der Waals surface area contributed by atoms with E-state index in [9.17, 15) is 14.4 Å². The van der Waals surface area contributed by atoms with E-state index >= 15 is 0 Å². The van der Waals surface area contributed by atoms with Crippen LogP contribution < -0.4 is 16.2 Å². The predicted molar refractivity (Wildman–Crippen MR) is 132 cm³/mol. The molecular weight excluding hydrogens is 436 g/mol. The molecule has 3 N–H and O–H groups in total. The van der Waals surface area contributed by atoms with Crippen molar-refractivity contribution < 1.29 is 9.59 Å². The lowest BCUT2D eigenvalue weighted by molar-refractivity contribution is -0.121. The van der Waals surface area contributed by atoms with Crippen molar-refractivity contribution in [2.45, 2.75) is 51.6 Å². The summed E-state index contributed by atoms with van der Waals surface area (Å²) in [5.41, 5.74) is 2.44. The van der Waals surface area contributed by atoms with Crippen LogP contribution in [0.1, 0.15) is 44.1 Å². The van der Waals surface area contributed by atoms with Crippen molar-refractivity contribution in [3.05, 3.63) is 69.2 Å². The standard InChI is InChI=1S/C25H28N4O3S/c30-22(26-16-17-9-13-19(14-10-17)27-23(31)18-11-12-18)8-2-1-5-15-29-24(32)20-6-3-4-7-21(20)28-25(29)33/h3-4,6-7,9-10,13-14,18H,1-2,5,8,11-12,15-16H2,(H,26,30)(H,27,31)(H,28,33). The van der Waals surface area contributed by atoms with Gasteiger partial charge in [0.2, 0.25) is 11.8 Å². The Kier molecular flexibility index (Phi) is 7.34. The molecule has 0 spiro atoms. The molecule has 33 heavy (non-hydrogen) atoms. The fourth-order valence-electron chi connectivity index (χ4n) is 3.72. The number of aromatic amines is 1. The van der Waals surface area contributed by atoms with E-state index in [-0.39, 0.29) is 23.3 Å². The van der Waals surface area contributed by atoms with Gasteiger partial charge >= 0.3 is 0 Å². The maximum absolute atomic E-state index is 12.6. The molecule has 2 amide bonds. The summed E-state index contributed by atoms with van der Waals surface area (Å²) in [5.74, 6) is 0.263. The Hall–Kier alpha value is -3.26. The minimum Gasteiger partial charge on any atom is -0.352 e. The molecule has 1 saturated carbocycles. The topological polar surface area (TPSA) is 96.0 Å². The minimum absolute atomic E-state index is 0.00118. The zero-order valence-corrected chi connectivity index (χ0v) is 19.2. The number of H-pyrrole nitrogens is 1. The monoisotopic (exact) mass is 464 g/mol. The van der Waals surface area contributed by atoms with Gasteiger partial charge < -0.3 is 15.6 Å². The molecule has 0 saturated heterocycles. The van der Waals surface area contributed by atoms with Gasteiger partial charge in [-0.05, 0) is 67.7 Å². The molecule has 8 heteroatoms. The van der Waals surface area contributed by atoms with E-state index in [1.54, 1.807) is 10.6 Å². The molecule has 1 heterocycles. The first-order valence-corrected chi connectivity index (χ1v) is 11.8. The van der Waals surface area contributed by atoms with Gasteiger partial charge in [0.1, 0.15) is 0 Å². The van der Waals surface area contributed by atoms with E-state index < -0.39 is 0 Å². The summed E-state index contributed by atoms with van der Waals surface area (Å²) in [4.78, 5) is 39.7. The molecule has 1 aromatic heterocycles. The second-order valence-electron chi connectivity index (χ2n) is 8.48. The van der Waals surface area contributed by atoms with Gasteiger partial charge in [-0.25, -0.2) is 0 Å². The van der Waals surface area contributed by atoms with Crippen molar-refractivity contribution in [3.63, 3.8) is 0 Å². The molecular formula is C25H28N4O3S. The van der Waals surface area contributed by atoms with Crippen LogP contribution >= 0.6 is 12.2 Å². The summed E-state index contributed by atoms with van der Waals surface area (Å²) in [7, 11) is 0. The Balaban J connectivity index is 1.16. The number of carbonyl (C=O) groups is 2. The number of nitrogens with one attached hydrogen (secondary N) is 3. The van der Waals surface area contributed by atoms with Crippen LogP contribution in [0.15, 0.2) is 53.3 Å². The average molecular weight is 465 g/mol. The second kappa shape index (κ2) is 10.6. The molecule has 1 fully saturated rings. The van der Waals surface area contributed by atoms with Gasteiger partial charge in [0.15, 0.2) is 4.77 Å². The second-order valence-corrected chi connectivity index (χ2v) is 8.87. The van der Waals surface area contributed by atoms with Gasteiger partial charge in [-0.1, -0.05) is 30.7 Å². The first-order chi connectivity index (χ1) is 16.0. The third kappa shape index (κ3) is 6.16. The largest absolute Gasteiger partial charge is 0.352 e. The fraction of sp³-hybridized carbons (Fsp3) is 0.360. The SMILES string of the molecule is O=C(CCCCCn1c(=S)[nH]c2ccccc2c1=O)NCc1ccc(NC(=O)C2CC2)cc1. The van der Waals surface area contributed by atoms with E-state index in [4.69, 9.17) is 12.2 Å². The highest BCUT2D eigenvalue weighted by molar-refractivity contribution is 7.71. The van der Waals surface area contributed by atoms with E-state index in [0.29, 0.717) is 29.7 Å². The van der Waals surface area contributed by atoms with Gasteiger partial charge in [-0.3, -0.25) is 19.0 Å². The Labute approximate surface area is 197 Å². The van der Waals surface area contributed by atoms with E-state index in [1.165, 1.54) is 0 Å². The number of para-hydroxylation sites is 1. The number of fused-ring (bicyclic) bond motifs is 1. The summed E-state index contributed by atoms with van der Waals surface area (Å²) in [5, 5.41) is 6.47. The third-order valence-electron chi connectivity index (χ3n) is 5.83. The number of carbonyl (C=O) groups excluding carboxylic acids is 2. The summed E-state index contributed by atoms with van der Waals surface area (Å²) >= 11 is 5.33. The molecule has 0 radical (unpaired) electrons. The van der Waals surface area contributed by atoms with Gasteiger partial charge in [-0.2, -0.15) is 0 Å². The molecule has 0 unspecified atom stereocenters. The average Bonchev–Trinajstić information content (AvgIpc) is 3.66. The fourth-order valence-corrected chi connectivity index (χ4v) is 4.00. The summed E-state index contributed by atoms with van der Waals surface area (Å²) < 4.78 is 2.02. The first-order valence-electron chi connectivity index (χ1n) is 11.4. The number of anilines is 1. The zero-order chi connectivity index (χ0) is 23.2. The number of nitrogens with zero attached hydrogens (tertiary/aromatic N) is 1. The van der Waals surface area contributed by atoms with Crippen molar-refractivity contribution in [2.24, 2.45) is 5.92 Å². The van der Waals surface area contributed by atoms with Crippen molar-refractivity contribution in [2.75, 3.05) is 5.32 Å². The lowest BCUT2D eigenvalue weighted by Crippen LogP contribution is -2.23. The van der Waals surface area contributed by atoms with Crippen LogP contribution in [0, 0.1) is 10.7 Å². The smallest absolute Gasteiger partial charge is 0.262 e. The number of hydrogen-bond acceptors (Lipinski definition) is 4. The van der Waals surface area contributed by atoms with E-state index in [2.05, 4.69) is 15.6 Å².